The smallest absolute Gasteiger partial charge is 0.128 e. The van der Waals surface area contributed by atoms with Gasteiger partial charge in [0, 0.05) is 19.3 Å². The number of piperidine rings is 1. The molecule has 3 nitrogen and oxygen atoms in total. The molecule has 18 heavy (non-hydrogen) atoms. The quantitative estimate of drug-likeness (QED) is 0.818. The minimum Gasteiger partial charge on any atom is -0.357 e. The van der Waals surface area contributed by atoms with Gasteiger partial charge in [0.05, 0.1) is 5.56 Å². The normalized spacial score (nSPS) is 16.9. The zero-order valence-electron chi connectivity index (χ0n) is 11.3. The zero-order valence-corrected chi connectivity index (χ0v) is 11.3. The SMILES string of the molecule is CC(C)CC1CCN(c2ccc(C#N)cn2)CC1. The van der Waals surface area contributed by atoms with Gasteiger partial charge >= 0.3 is 0 Å². The van der Waals surface area contributed by atoms with Crippen molar-refractivity contribution in [3.8, 4) is 6.07 Å². The van der Waals surface area contributed by atoms with Crippen molar-refractivity contribution < 1.29 is 0 Å². The summed E-state index contributed by atoms with van der Waals surface area (Å²) in [5.74, 6) is 2.69. The maximum Gasteiger partial charge on any atom is 0.128 e. The van der Waals surface area contributed by atoms with E-state index in [0.717, 1.165) is 30.7 Å². The van der Waals surface area contributed by atoms with Crippen LogP contribution in [0.3, 0.4) is 0 Å². The van der Waals surface area contributed by atoms with Gasteiger partial charge < -0.3 is 4.90 Å². The van der Waals surface area contributed by atoms with Gasteiger partial charge in [0.1, 0.15) is 11.9 Å². The molecule has 0 aliphatic carbocycles. The molecule has 2 rings (SSSR count). The average molecular weight is 243 g/mol. The highest BCUT2D eigenvalue weighted by Crippen LogP contribution is 2.26. The van der Waals surface area contributed by atoms with Crippen molar-refractivity contribution in [1.82, 2.24) is 4.98 Å². The maximum atomic E-state index is 8.75. The van der Waals surface area contributed by atoms with Gasteiger partial charge in [-0.2, -0.15) is 5.26 Å². The molecule has 0 spiro atoms. The first-order valence-electron chi connectivity index (χ1n) is 6.80. The van der Waals surface area contributed by atoms with Crippen molar-refractivity contribution in [3.63, 3.8) is 0 Å². The Hall–Kier alpha value is -1.56. The second kappa shape index (κ2) is 5.86. The van der Waals surface area contributed by atoms with Crippen LogP contribution < -0.4 is 4.90 Å². The van der Waals surface area contributed by atoms with Crippen LogP contribution in [-0.2, 0) is 0 Å². The van der Waals surface area contributed by atoms with E-state index in [-0.39, 0.29) is 0 Å². The first-order valence-corrected chi connectivity index (χ1v) is 6.80. The lowest BCUT2D eigenvalue weighted by molar-refractivity contribution is 0.337. The Morgan fingerprint density at radius 1 is 1.39 bits per heavy atom. The lowest BCUT2D eigenvalue weighted by Crippen LogP contribution is -2.34. The Kier molecular flexibility index (Phi) is 4.19. The van der Waals surface area contributed by atoms with E-state index in [1.807, 2.05) is 12.1 Å². The molecule has 1 aliphatic rings. The fourth-order valence-electron chi connectivity index (χ4n) is 2.70. The molecule has 96 valence electrons. The van der Waals surface area contributed by atoms with E-state index >= 15 is 0 Å². The topological polar surface area (TPSA) is 39.9 Å². The third kappa shape index (κ3) is 3.22. The molecule has 0 unspecified atom stereocenters. The lowest BCUT2D eigenvalue weighted by Gasteiger charge is -2.33. The van der Waals surface area contributed by atoms with E-state index in [0.29, 0.717) is 5.56 Å². The predicted molar refractivity (Wildman–Crippen MR) is 73.3 cm³/mol. The van der Waals surface area contributed by atoms with Gasteiger partial charge in [0.2, 0.25) is 0 Å². The summed E-state index contributed by atoms with van der Waals surface area (Å²) in [6.45, 7) is 6.79. The Morgan fingerprint density at radius 2 is 2.11 bits per heavy atom. The molecule has 0 aromatic carbocycles. The number of hydrogen-bond donors (Lipinski definition) is 0. The van der Waals surface area contributed by atoms with Crippen LogP contribution in [0.25, 0.3) is 0 Å². The van der Waals surface area contributed by atoms with Crippen LogP contribution in [0.1, 0.15) is 38.7 Å². The van der Waals surface area contributed by atoms with Gasteiger partial charge in [0.15, 0.2) is 0 Å². The van der Waals surface area contributed by atoms with Crippen molar-refractivity contribution in [1.29, 1.82) is 5.26 Å². The van der Waals surface area contributed by atoms with Gasteiger partial charge in [-0.15, -0.1) is 0 Å². The maximum absolute atomic E-state index is 8.75. The van der Waals surface area contributed by atoms with Crippen LogP contribution in [0.15, 0.2) is 18.3 Å². The van der Waals surface area contributed by atoms with Crippen LogP contribution in [0.2, 0.25) is 0 Å². The first-order chi connectivity index (χ1) is 8.69. The average Bonchev–Trinajstić information content (AvgIpc) is 2.39. The molecule has 0 bridgehead atoms. The van der Waals surface area contributed by atoms with Crippen LogP contribution in [0, 0.1) is 23.2 Å². The van der Waals surface area contributed by atoms with E-state index in [9.17, 15) is 0 Å². The molecular weight excluding hydrogens is 222 g/mol. The van der Waals surface area contributed by atoms with E-state index in [2.05, 4.69) is 29.8 Å². The molecule has 1 aromatic heterocycles. The second-order valence-corrected chi connectivity index (χ2v) is 5.58. The van der Waals surface area contributed by atoms with E-state index in [4.69, 9.17) is 5.26 Å². The van der Waals surface area contributed by atoms with Gasteiger partial charge in [-0.25, -0.2) is 4.98 Å². The molecule has 1 fully saturated rings. The summed E-state index contributed by atoms with van der Waals surface area (Å²) in [7, 11) is 0. The third-order valence-corrected chi connectivity index (χ3v) is 3.62. The summed E-state index contributed by atoms with van der Waals surface area (Å²) >= 11 is 0. The summed E-state index contributed by atoms with van der Waals surface area (Å²) < 4.78 is 0. The number of hydrogen-bond acceptors (Lipinski definition) is 3. The Labute approximate surface area is 109 Å². The van der Waals surface area contributed by atoms with Gasteiger partial charge in [0.25, 0.3) is 0 Å². The fourth-order valence-corrected chi connectivity index (χ4v) is 2.70. The molecule has 1 aliphatic heterocycles. The van der Waals surface area contributed by atoms with Crippen molar-refractivity contribution in [2.24, 2.45) is 11.8 Å². The molecule has 0 amide bonds. The number of aromatic nitrogens is 1. The number of rotatable bonds is 3. The predicted octanol–water partition coefficient (Wildman–Crippen LogP) is 3.22. The summed E-state index contributed by atoms with van der Waals surface area (Å²) in [6, 6.07) is 5.91. The molecule has 3 heteroatoms. The zero-order chi connectivity index (χ0) is 13.0. The summed E-state index contributed by atoms with van der Waals surface area (Å²) in [5, 5.41) is 8.75. The van der Waals surface area contributed by atoms with Crippen LogP contribution in [0.4, 0.5) is 5.82 Å². The summed E-state index contributed by atoms with van der Waals surface area (Å²) in [5.41, 5.74) is 0.633. The minimum absolute atomic E-state index is 0.633. The standard InChI is InChI=1S/C15H21N3/c1-12(2)9-13-5-7-18(8-6-13)15-4-3-14(10-16)11-17-15/h3-4,11-13H,5-9H2,1-2H3. The lowest BCUT2D eigenvalue weighted by atomic mass is 9.88. The number of pyridine rings is 1. The summed E-state index contributed by atoms with van der Waals surface area (Å²) in [4.78, 5) is 6.69. The third-order valence-electron chi connectivity index (χ3n) is 3.62. The highest BCUT2D eigenvalue weighted by atomic mass is 15.2. The molecule has 0 N–H and O–H groups in total. The van der Waals surface area contributed by atoms with Gasteiger partial charge in [-0.05, 0) is 43.2 Å². The Balaban J connectivity index is 1.91. The highest BCUT2D eigenvalue weighted by molar-refractivity contribution is 5.42. The number of anilines is 1. The van der Waals surface area contributed by atoms with Gasteiger partial charge in [-0.3, -0.25) is 0 Å². The molecule has 1 aromatic rings. The van der Waals surface area contributed by atoms with Crippen LogP contribution >= 0.6 is 0 Å². The first kappa shape index (κ1) is 12.9. The molecule has 0 radical (unpaired) electrons. The largest absolute Gasteiger partial charge is 0.357 e. The van der Waals surface area contributed by atoms with Crippen molar-refractivity contribution in [3.05, 3.63) is 23.9 Å². The van der Waals surface area contributed by atoms with Crippen LogP contribution in [-0.4, -0.2) is 18.1 Å². The molecule has 0 saturated carbocycles. The van der Waals surface area contributed by atoms with E-state index in [1.54, 1.807) is 6.20 Å². The Bertz CT molecular complexity index is 408. The molecule has 2 heterocycles. The summed E-state index contributed by atoms with van der Waals surface area (Å²) in [6.07, 6.45) is 5.53. The Morgan fingerprint density at radius 3 is 2.61 bits per heavy atom. The molecular formula is C15H21N3. The number of nitriles is 1. The van der Waals surface area contributed by atoms with Gasteiger partial charge in [-0.1, -0.05) is 13.8 Å². The van der Waals surface area contributed by atoms with Crippen molar-refractivity contribution in [2.75, 3.05) is 18.0 Å². The number of nitrogens with zero attached hydrogens (tertiary/aromatic N) is 3. The molecule has 0 atom stereocenters. The highest BCUT2D eigenvalue weighted by Gasteiger charge is 2.20. The van der Waals surface area contributed by atoms with Crippen LogP contribution in [0.5, 0.6) is 0 Å². The monoisotopic (exact) mass is 243 g/mol. The minimum atomic E-state index is 0.633. The second-order valence-electron chi connectivity index (χ2n) is 5.58. The van der Waals surface area contributed by atoms with E-state index in [1.165, 1.54) is 19.3 Å². The van der Waals surface area contributed by atoms with E-state index < -0.39 is 0 Å². The molecule has 1 saturated heterocycles. The van der Waals surface area contributed by atoms with Crippen molar-refractivity contribution in [2.45, 2.75) is 33.1 Å². The fraction of sp³-hybridized carbons (Fsp3) is 0.600. The van der Waals surface area contributed by atoms with Crippen molar-refractivity contribution >= 4 is 5.82 Å².